The molecule has 0 aliphatic heterocycles. The highest BCUT2D eigenvalue weighted by Gasteiger charge is 2.15. The van der Waals surface area contributed by atoms with Gasteiger partial charge in [-0.2, -0.15) is 0 Å². The van der Waals surface area contributed by atoms with Gasteiger partial charge in [0, 0.05) is 0 Å². The molecule has 0 bridgehead atoms. The van der Waals surface area contributed by atoms with E-state index in [0.717, 1.165) is 16.5 Å². The van der Waals surface area contributed by atoms with Crippen LogP contribution >= 0.6 is 11.3 Å². The first-order valence-electron chi connectivity index (χ1n) is 5.22. The van der Waals surface area contributed by atoms with Crippen LogP contribution in [0.15, 0.2) is 29.2 Å². The molecule has 3 rings (SSSR count). The number of rotatable bonds is 1. The third kappa shape index (κ3) is 1.42. The molecule has 2 aromatic heterocycles. The van der Waals surface area contributed by atoms with Gasteiger partial charge < -0.3 is 5.11 Å². The molecule has 0 radical (unpaired) electrons. The Kier molecular flexibility index (Phi) is 2.21. The summed E-state index contributed by atoms with van der Waals surface area (Å²) in [5, 5.41) is 8.93. The molecule has 0 atom stereocenters. The van der Waals surface area contributed by atoms with Crippen molar-refractivity contribution in [2.75, 3.05) is 0 Å². The number of hydrogen-bond acceptors (Lipinski definition) is 4. The van der Waals surface area contributed by atoms with Crippen LogP contribution in [0.2, 0.25) is 0 Å². The molecule has 0 aliphatic rings. The first-order chi connectivity index (χ1) is 8.58. The van der Waals surface area contributed by atoms with Crippen molar-refractivity contribution in [1.82, 2.24) is 9.38 Å². The maximum atomic E-state index is 12.1. The van der Waals surface area contributed by atoms with Gasteiger partial charge in [-0.15, -0.1) is 0 Å². The van der Waals surface area contributed by atoms with Crippen molar-refractivity contribution in [2.24, 2.45) is 0 Å². The summed E-state index contributed by atoms with van der Waals surface area (Å²) in [5.41, 5.74) is 0.928. The summed E-state index contributed by atoms with van der Waals surface area (Å²) in [6.07, 6.45) is 1.11. The average molecular weight is 260 g/mol. The smallest absolute Gasteiger partial charge is 0.342 e. The van der Waals surface area contributed by atoms with Crippen LogP contribution in [-0.4, -0.2) is 20.5 Å². The second-order valence-electron chi connectivity index (χ2n) is 3.97. The molecule has 0 amide bonds. The van der Waals surface area contributed by atoms with Crippen LogP contribution in [-0.2, 0) is 0 Å². The van der Waals surface area contributed by atoms with Gasteiger partial charge in [-0.3, -0.25) is 9.20 Å². The minimum absolute atomic E-state index is 0.312. The summed E-state index contributed by atoms with van der Waals surface area (Å²) in [7, 11) is 0. The highest BCUT2D eigenvalue weighted by atomic mass is 32.1. The molecule has 0 saturated carbocycles. The Balaban J connectivity index is 2.54. The lowest BCUT2D eigenvalue weighted by Gasteiger charge is -1.97. The van der Waals surface area contributed by atoms with E-state index < -0.39 is 11.5 Å². The van der Waals surface area contributed by atoms with Crippen LogP contribution in [0.4, 0.5) is 0 Å². The third-order valence-corrected chi connectivity index (χ3v) is 3.73. The Bertz CT molecular complexity index is 848. The second kappa shape index (κ2) is 3.64. The van der Waals surface area contributed by atoms with Crippen LogP contribution < -0.4 is 5.56 Å². The molecule has 2 heterocycles. The highest BCUT2D eigenvalue weighted by molar-refractivity contribution is 7.23. The molecule has 18 heavy (non-hydrogen) atoms. The van der Waals surface area contributed by atoms with Gasteiger partial charge in [0.25, 0.3) is 5.56 Å². The minimum Gasteiger partial charge on any atom is -0.477 e. The fourth-order valence-electron chi connectivity index (χ4n) is 1.86. The Hall–Kier alpha value is -2.21. The molecule has 1 N–H and O–H groups in total. The van der Waals surface area contributed by atoms with Crippen LogP contribution in [0.3, 0.4) is 0 Å². The zero-order valence-electron chi connectivity index (χ0n) is 9.38. The van der Waals surface area contributed by atoms with Crippen molar-refractivity contribution in [3.8, 4) is 0 Å². The molecule has 0 fully saturated rings. The van der Waals surface area contributed by atoms with Gasteiger partial charge >= 0.3 is 5.97 Å². The fourth-order valence-corrected chi connectivity index (χ4v) is 2.94. The number of carboxylic acids is 1. The molecule has 0 unspecified atom stereocenters. The Morgan fingerprint density at radius 1 is 1.44 bits per heavy atom. The normalized spacial score (nSPS) is 11.2. The largest absolute Gasteiger partial charge is 0.477 e. The Morgan fingerprint density at radius 2 is 2.22 bits per heavy atom. The minimum atomic E-state index is -1.26. The van der Waals surface area contributed by atoms with Crippen molar-refractivity contribution in [1.29, 1.82) is 0 Å². The maximum Gasteiger partial charge on any atom is 0.342 e. The van der Waals surface area contributed by atoms with Crippen molar-refractivity contribution in [3.63, 3.8) is 0 Å². The van der Waals surface area contributed by atoms with E-state index in [1.165, 1.54) is 15.7 Å². The number of aromatic nitrogens is 2. The first-order valence-corrected chi connectivity index (χ1v) is 6.04. The first kappa shape index (κ1) is 10.9. The van der Waals surface area contributed by atoms with Crippen molar-refractivity contribution in [3.05, 3.63) is 45.9 Å². The zero-order valence-corrected chi connectivity index (χ0v) is 10.2. The van der Waals surface area contributed by atoms with Crippen molar-refractivity contribution >= 4 is 32.5 Å². The summed E-state index contributed by atoms with van der Waals surface area (Å²) < 4.78 is 2.27. The predicted molar refractivity (Wildman–Crippen MR) is 68.5 cm³/mol. The number of aromatic carboxylic acids is 1. The van der Waals surface area contributed by atoms with E-state index >= 15 is 0 Å². The summed E-state index contributed by atoms with van der Waals surface area (Å²) in [6, 6.07) is 5.64. The number of carbonyl (C=O) groups is 1. The molecule has 0 saturated heterocycles. The van der Waals surface area contributed by atoms with Crippen LogP contribution in [0.5, 0.6) is 0 Å². The zero-order chi connectivity index (χ0) is 12.9. The molecule has 0 aliphatic carbocycles. The van der Waals surface area contributed by atoms with E-state index in [4.69, 9.17) is 5.11 Å². The molecule has 3 aromatic rings. The number of carboxylic acid groups (broad SMARTS) is 1. The second-order valence-corrected chi connectivity index (χ2v) is 4.98. The fraction of sp³-hybridized carbons (Fsp3) is 0.0833. The topological polar surface area (TPSA) is 71.7 Å². The lowest BCUT2D eigenvalue weighted by atomic mass is 10.2. The highest BCUT2D eigenvalue weighted by Crippen LogP contribution is 2.24. The number of nitrogens with zero attached hydrogens (tertiary/aromatic N) is 2. The van der Waals surface area contributed by atoms with E-state index in [0.29, 0.717) is 10.5 Å². The van der Waals surface area contributed by atoms with E-state index in [-0.39, 0.29) is 5.56 Å². The average Bonchev–Trinajstić information content (AvgIpc) is 2.66. The van der Waals surface area contributed by atoms with Crippen LogP contribution in [0, 0.1) is 6.92 Å². The van der Waals surface area contributed by atoms with Gasteiger partial charge in [-0.1, -0.05) is 17.4 Å². The van der Waals surface area contributed by atoms with Gasteiger partial charge in [0.2, 0.25) is 0 Å². The standard InChI is InChI=1S/C12H8N2O3S/c1-6-2-3-8-9(4-6)18-12-13-5-7(11(16)17)10(15)14(8)12/h2-5H,1H3,(H,16,17). The predicted octanol–water partition coefficient (Wildman–Crippen LogP) is 1.92. The van der Waals surface area contributed by atoms with Crippen molar-refractivity contribution in [2.45, 2.75) is 6.92 Å². The molecule has 6 heteroatoms. The number of fused-ring (bicyclic) bond motifs is 3. The van der Waals surface area contributed by atoms with Gasteiger partial charge in [0.15, 0.2) is 4.96 Å². The lowest BCUT2D eigenvalue weighted by molar-refractivity contribution is 0.0694. The summed E-state index contributed by atoms with van der Waals surface area (Å²) in [6.45, 7) is 1.96. The van der Waals surface area contributed by atoms with E-state index in [2.05, 4.69) is 4.98 Å². The SMILES string of the molecule is Cc1ccc2c(c1)sc1ncc(C(=O)O)c(=O)n12. The summed E-state index contributed by atoms with van der Waals surface area (Å²) in [5.74, 6) is -1.26. The number of thiazole rings is 1. The van der Waals surface area contributed by atoms with Gasteiger partial charge in [0.05, 0.1) is 16.4 Å². The maximum absolute atomic E-state index is 12.1. The Morgan fingerprint density at radius 3 is 2.94 bits per heavy atom. The van der Waals surface area contributed by atoms with E-state index in [9.17, 15) is 9.59 Å². The number of benzene rings is 1. The quantitative estimate of drug-likeness (QED) is 0.725. The molecule has 1 aromatic carbocycles. The monoisotopic (exact) mass is 260 g/mol. The molecular weight excluding hydrogens is 252 g/mol. The van der Waals surface area contributed by atoms with Gasteiger partial charge in [-0.25, -0.2) is 9.78 Å². The molecule has 5 nitrogen and oxygen atoms in total. The third-order valence-electron chi connectivity index (χ3n) is 2.72. The summed E-state index contributed by atoms with van der Waals surface area (Å²) >= 11 is 1.37. The van der Waals surface area contributed by atoms with E-state index in [1.807, 2.05) is 25.1 Å². The van der Waals surface area contributed by atoms with Crippen LogP contribution in [0.1, 0.15) is 15.9 Å². The molecule has 90 valence electrons. The Labute approximate surface area is 105 Å². The summed E-state index contributed by atoms with van der Waals surface area (Å²) in [4.78, 5) is 27.5. The molecule has 0 spiro atoms. The number of aryl methyl sites for hydroxylation is 1. The van der Waals surface area contributed by atoms with Crippen molar-refractivity contribution < 1.29 is 9.90 Å². The number of hydrogen-bond donors (Lipinski definition) is 1. The van der Waals surface area contributed by atoms with Gasteiger partial charge in [0.1, 0.15) is 5.56 Å². The van der Waals surface area contributed by atoms with Crippen LogP contribution in [0.25, 0.3) is 15.2 Å². The molecular formula is C12H8N2O3S. The van der Waals surface area contributed by atoms with E-state index in [1.54, 1.807) is 0 Å². The lowest BCUT2D eigenvalue weighted by Crippen LogP contribution is -2.21. The van der Waals surface area contributed by atoms with Gasteiger partial charge in [-0.05, 0) is 24.6 Å².